The van der Waals surface area contributed by atoms with Crippen LogP contribution in [0.25, 0.3) is 16.5 Å². The van der Waals surface area contributed by atoms with Crippen LogP contribution in [0.5, 0.6) is 17.2 Å². The summed E-state index contributed by atoms with van der Waals surface area (Å²) >= 11 is 0. The van der Waals surface area contributed by atoms with Gasteiger partial charge in [0.1, 0.15) is 22.1 Å². The van der Waals surface area contributed by atoms with E-state index < -0.39 is 43.5 Å². The summed E-state index contributed by atoms with van der Waals surface area (Å²) in [6.07, 6.45) is 2.26. The van der Waals surface area contributed by atoms with Crippen LogP contribution in [0.2, 0.25) is 0 Å². The number of nitro groups is 1. The molecule has 2 aliphatic heterocycles. The van der Waals surface area contributed by atoms with Crippen LogP contribution in [-0.4, -0.2) is 99.3 Å². The van der Waals surface area contributed by atoms with E-state index in [0.717, 1.165) is 62.9 Å². The van der Waals surface area contributed by atoms with Crippen LogP contribution in [0.1, 0.15) is 68.3 Å². The largest absolute Gasteiger partial charge is 0.573 e. The normalized spacial score (nSPS) is 17.3. The predicted octanol–water partition coefficient (Wildman–Crippen LogP) is 9.57. The van der Waals surface area contributed by atoms with Crippen LogP contribution in [0, 0.1) is 15.5 Å². The van der Waals surface area contributed by atoms with Gasteiger partial charge >= 0.3 is 12.0 Å². The summed E-state index contributed by atoms with van der Waals surface area (Å²) in [5, 5.41) is 17.4. The minimum absolute atomic E-state index is 0.0199. The van der Waals surface area contributed by atoms with Crippen molar-refractivity contribution in [2.75, 3.05) is 69.1 Å². The second-order valence-electron chi connectivity index (χ2n) is 17.9. The molecule has 3 aliphatic rings. The van der Waals surface area contributed by atoms with Gasteiger partial charge in [-0.3, -0.25) is 19.8 Å². The van der Waals surface area contributed by atoms with Gasteiger partial charge in [0.2, 0.25) is 5.75 Å². The van der Waals surface area contributed by atoms with Crippen LogP contribution in [0.4, 0.5) is 30.2 Å². The lowest BCUT2D eigenvalue weighted by Gasteiger charge is -2.40. The molecule has 18 heteroatoms. The fraction of sp³-hybridized carbons (Fsp3) is 0.396. The lowest BCUT2D eigenvalue weighted by Crippen LogP contribution is -2.47. The van der Waals surface area contributed by atoms with E-state index in [9.17, 15) is 36.5 Å². The quantitative estimate of drug-likeness (QED) is 0.0491. The number of fused-ring (bicyclic) bond motifs is 1. The van der Waals surface area contributed by atoms with Crippen molar-refractivity contribution in [2.45, 2.75) is 63.6 Å². The van der Waals surface area contributed by atoms with Crippen LogP contribution in [0.15, 0.2) is 102 Å². The Bertz CT molecular complexity index is 2690. The summed E-state index contributed by atoms with van der Waals surface area (Å²) in [5.41, 5.74) is 3.64. The maximum absolute atomic E-state index is 14.6. The number of benzene rings is 4. The Balaban J connectivity index is 1.15. The van der Waals surface area contributed by atoms with Crippen molar-refractivity contribution in [3.8, 4) is 17.2 Å². The molecule has 0 atom stereocenters. The van der Waals surface area contributed by atoms with Crippen molar-refractivity contribution in [1.82, 2.24) is 19.5 Å². The number of alkyl halides is 3. The maximum atomic E-state index is 14.6. The smallest absolute Gasteiger partial charge is 0.448 e. The molecule has 0 spiro atoms. The van der Waals surface area contributed by atoms with Crippen molar-refractivity contribution in [1.29, 1.82) is 0 Å². The molecular formula is C48H54F3N7O7S. The van der Waals surface area contributed by atoms with Crippen molar-refractivity contribution >= 4 is 49.5 Å². The number of ether oxygens (including phenoxy) is 2. The summed E-state index contributed by atoms with van der Waals surface area (Å²) < 4.78 is 80.6. The van der Waals surface area contributed by atoms with Crippen LogP contribution < -0.4 is 24.4 Å². The van der Waals surface area contributed by atoms with Gasteiger partial charge in [-0.25, -0.2) is 13.1 Å². The van der Waals surface area contributed by atoms with E-state index in [2.05, 4.69) is 43.4 Å². The van der Waals surface area contributed by atoms with Crippen LogP contribution in [-0.2, 0) is 10.0 Å². The first kappa shape index (κ1) is 46.4. The second-order valence-corrected chi connectivity index (χ2v) is 19.5. The van der Waals surface area contributed by atoms with E-state index in [1.54, 1.807) is 60.8 Å². The number of rotatable bonds is 16. The molecule has 66 heavy (non-hydrogen) atoms. The average molecular weight is 930 g/mol. The molecule has 4 aromatic carbocycles. The lowest BCUT2D eigenvalue weighted by atomic mass is 9.72. The zero-order valence-corrected chi connectivity index (χ0v) is 37.8. The molecule has 5 aromatic rings. The molecule has 1 amide bonds. The minimum atomic E-state index is -4.83. The van der Waals surface area contributed by atoms with Gasteiger partial charge in [-0.2, -0.15) is 0 Å². The number of anilines is 2. The number of aromatic nitrogens is 1. The first-order chi connectivity index (χ1) is 31.5. The summed E-state index contributed by atoms with van der Waals surface area (Å²) in [6, 6.07) is 22.0. The number of hydrogen-bond donors (Lipinski definition) is 3. The minimum Gasteiger partial charge on any atom is -0.448 e. The highest BCUT2D eigenvalue weighted by Gasteiger charge is 2.38. The van der Waals surface area contributed by atoms with Gasteiger partial charge in [0.15, 0.2) is 0 Å². The van der Waals surface area contributed by atoms with E-state index in [1.807, 2.05) is 4.90 Å². The van der Waals surface area contributed by atoms with E-state index in [0.29, 0.717) is 56.6 Å². The Morgan fingerprint density at radius 3 is 2.35 bits per heavy atom. The van der Waals surface area contributed by atoms with Crippen LogP contribution in [0.3, 0.4) is 0 Å². The molecule has 1 aromatic heterocycles. The first-order valence-corrected chi connectivity index (χ1v) is 23.7. The first-order valence-electron chi connectivity index (χ1n) is 22.3. The van der Waals surface area contributed by atoms with Gasteiger partial charge in [-0.05, 0) is 123 Å². The van der Waals surface area contributed by atoms with Crippen molar-refractivity contribution < 1.29 is 40.8 Å². The molecule has 2 saturated heterocycles. The maximum Gasteiger partial charge on any atom is 0.573 e. The Labute approximate surface area is 381 Å². The number of allylic oxidation sites excluding steroid dienone is 1. The molecule has 3 N–H and O–H groups in total. The molecule has 0 unspecified atom stereocenters. The summed E-state index contributed by atoms with van der Waals surface area (Å²) in [4.78, 5) is 35.4. The molecule has 0 saturated carbocycles. The average Bonchev–Trinajstić information content (AvgIpc) is 3.99. The van der Waals surface area contributed by atoms with E-state index in [-0.39, 0.29) is 33.9 Å². The number of H-pyrrole nitrogens is 1. The van der Waals surface area contributed by atoms with Crippen molar-refractivity contribution in [2.24, 2.45) is 5.41 Å². The number of nitrogens with zero attached hydrogens (tertiary/aromatic N) is 4. The number of hydrogen-bond acceptors (Lipinski definition) is 11. The van der Waals surface area contributed by atoms with E-state index in [4.69, 9.17) is 4.74 Å². The third-order valence-electron chi connectivity index (χ3n) is 12.6. The van der Waals surface area contributed by atoms with Gasteiger partial charge in [0.05, 0.1) is 10.6 Å². The number of piperazine rings is 1. The topological polar surface area (TPSA) is 162 Å². The van der Waals surface area contributed by atoms with Gasteiger partial charge in [0, 0.05) is 61.9 Å². The highest BCUT2D eigenvalue weighted by molar-refractivity contribution is 7.90. The number of carbonyl (C=O) groups is 1. The van der Waals surface area contributed by atoms with Gasteiger partial charge in [-0.15, -0.1) is 13.2 Å². The number of nitro benzene ring substituents is 1. The number of carbonyl (C=O) groups excluding carboxylic acids is 1. The number of halogens is 3. The third-order valence-corrected chi connectivity index (χ3v) is 13.9. The van der Waals surface area contributed by atoms with Gasteiger partial charge < -0.3 is 29.6 Å². The zero-order chi connectivity index (χ0) is 46.6. The second kappa shape index (κ2) is 19.4. The summed E-state index contributed by atoms with van der Waals surface area (Å²) in [6.45, 7) is 9.84. The summed E-state index contributed by atoms with van der Waals surface area (Å²) in [7, 11) is -4.83. The number of amides is 1. The molecular weight excluding hydrogens is 876 g/mol. The van der Waals surface area contributed by atoms with E-state index in [1.165, 1.54) is 35.9 Å². The molecule has 350 valence electrons. The fourth-order valence-corrected chi connectivity index (χ4v) is 10.3. The fourth-order valence-electron chi connectivity index (χ4n) is 9.20. The lowest BCUT2D eigenvalue weighted by molar-refractivity contribution is -0.384. The van der Waals surface area contributed by atoms with Crippen molar-refractivity contribution in [3.05, 3.63) is 118 Å². The molecule has 2 fully saturated rings. The van der Waals surface area contributed by atoms with Gasteiger partial charge in [-0.1, -0.05) is 55.8 Å². The Morgan fingerprint density at radius 1 is 0.924 bits per heavy atom. The monoisotopic (exact) mass is 929 g/mol. The molecule has 1 aliphatic carbocycles. The Morgan fingerprint density at radius 2 is 1.65 bits per heavy atom. The molecule has 14 nitrogen and oxygen atoms in total. The van der Waals surface area contributed by atoms with E-state index >= 15 is 0 Å². The zero-order valence-electron chi connectivity index (χ0n) is 37.0. The van der Waals surface area contributed by atoms with Crippen molar-refractivity contribution in [3.63, 3.8) is 0 Å². The molecule has 0 bridgehead atoms. The number of sulfonamides is 1. The van der Waals surface area contributed by atoms with Gasteiger partial charge in [0.25, 0.3) is 15.9 Å². The molecule has 0 radical (unpaired) electrons. The Hall–Kier alpha value is -6.11. The highest BCUT2D eigenvalue weighted by Crippen LogP contribution is 2.50. The molecule has 3 heterocycles. The summed E-state index contributed by atoms with van der Waals surface area (Å²) in [5.74, 6) is -1.56. The van der Waals surface area contributed by atoms with Crippen LogP contribution >= 0.6 is 0 Å². The third kappa shape index (κ3) is 10.9. The number of aromatic amines is 1. The Kier molecular flexibility index (Phi) is 13.6. The predicted molar refractivity (Wildman–Crippen MR) is 248 cm³/mol. The highest BCUT2D eigenvalue weighted by atomic mass is 32.2. The standard InChI is InChI=1S/C48H54F3N7O7S/c1-47(2)20-18-35(38(31-47)33-14-16-36(17-15-33)65-48(49,50)51)32-56-26-28-57(29-27-56)40-30-42(66(62,63)54-46(59)34-10-4-3-5-11-34)45(64-41-13-8-12-39-37(41)19-22-52-39)44(58(60)61)43(40)53-21-9-25-55-23-6-7-24-55/h3-5,8,10-17,19,22,30,52-53H,6-7,9,18,20-21,23-29,31-32H2,1-2H3,(H,54,59). The number of likely N-dealkylation sites (tertiary alicyclic amines) is 1. The molecule has 8 rings (SSSR count). The number of nitrogens with one attached hydrogen (secondary N) is 3. The SMILES string of the molecule is CC1(C)CCC(CN2CCN(c3cc(S(=O)(=O)NC(=O)c4ccccc4)c(Oc4cccc5[nH]ccc45)c([N+](=O)[O-])c3NCCCN3CCCC3)CC2)=C(c2ccc(OC(F)(F)F)cc2)C1.